The minimum Gasteiger partial charge on any atom is -0.496 e. The van der Waals surface area contributed by atoms with Gasteiger partial charge >= 0.3 is 0 Å². The smallest absolute Gasteiger partial charge is 0.192 e. The molecule has 1 atom stereocenters. The number of benzene rings is 1. The molecule has 0 saturated heterocycles. The van der Waals surface area contributed by atoms with Crippen molar-refractivity contribution in [2.45, 2.75) is 52.1 Å². The molecule has 4 heteroatoms. The van der Waals surface area contributed by atoms with Crippen LogP contribution in [0.1, 0.15) is 56.3 Å². The normalized spacial score (nSPS) is 12.2. The second-order valence-electron chi connectivity index (χ2n) is 5.24. The molecule has 0 N–H and O–H groups in total. The Morgan fingerprint density at radius 1 is 1.29 bits per heavy atom. The number of halogens is 1. The Bertz CT molecular complexity index is 446. The highest BCUT2D eigenvalue weighted by Crippen LogP contribution is 2.20. The van der Waals surface area contributed by atoms with E-state index in [-0.39, 0.29) is 24.1 Å². The minimum atomic E-state index is -0.452. The van der Waals surface area contributed by atoms with Gasteiger partial charge in [0.05, 0.1) is 18.8 Å². The van der Waals surface area contributed by atoms with Crippen molar-refractivity contribution >= 4 is 5.78 Å². The van der Waals surface area contributed by atoms with Crippen LogP contribution >= 0.6 is 0 Å². The van der Waals surface area contributed by atoms with E-state index in [0.29, 0.717) is 5.75 Å². The molecule has 0 aromatic heterocycles. The zero-order chi connectivity index (χ0) is 15.7. The highest BCUT2D eigenvalue weighted by atomic mass is 19.1. The van der Waals surface area contributed by atoms with Crippen LogP contribution in [-0.2, 0) is 4.74 Å². The molecule has 0 fully saturated rings. The quantitative estimate of drug-likeness (QED) is 0.474. The van der Waals surface area contributed by atoms with Crippen molar-refractivity contribution in [1.82, 2.24) is 0 Å². The van der Waals surface area contributed by atoms with Gasteiger partial charge in [0.15, 0.2) is 5.78 Å². The minimum absolute atomic E-state index is 0.0327. The molecule has 3 nitrogen and oxygen atoms in total. The maximum absolute atomic E-state index is 13.2. The molecule has 0 heterocycles. The molecule has 1 rings (SSSR count). The van der Waals surface area contributed by atoms with E-state index >= 15 is 0 Å². The number of hydrogen-bond donors (Lipinski definition) is 0. The predicted octanol–water partition coefficient (Wildman–Crippen LogP) is 4.39. The van der Waals surface area contributed by atoms with Crippen molar-refractivity contribution in [2.75, 3.05) is 13.7 Å². The molecule has 0 spiro atoms. The summed E-state index contributed by atoms with van der Waals surface area (Å²) in [6, 6.07) is 3.92. The van der Waals surface area contributed by atoms with Crippen LogP contribution in [0.25, 0.3) is 0 Å². The summed E-state index contributed by atoms with van der Waals surface area (Å²) in [6.45, 7) is 4.09. The second-order valence-corrected chi connectivity index (χ2v) is 5.24. The summed E-state index contributed by atoms with van der Waals surface area (Å²) in [7, 11) is 1.46. The highest BCUT2D eigenvalue weighted by Gasteiger charge is 2.15. The van der Waals surface area contributed by atoms with Crippen LogP contribution < -0.4 is 4.74 Å². The van der Waals surface area contributed by atoms with Gasteiger partial charge < -0.3 is 9.47 Å². The van der Waals surface area contributed by atoms with Crippen LogP contribution in [-0.4, -0.2) is 25.6 Å². The molecule has 0 aliphatic heterocycles. The van der Waals surface area contributed by atoms with Gasteiger partial charge in [0, 0.05) is 0 Å². The Hall–Kier alpha value is -1.42. The van der Waals surface area contributed by atoms with Crippen molar-refractivity contribution in [3.8, 4) is 5.75 Å². The Labute approximate surface area is 126 Å². The molecule has 118 valence electrons. The lowest BCUT2D eigenvalue weighted by atomic mass is 10.1. The van der Waals surface area contributed by atoms with E-state index in [1.807, 2.05) is 6.92 Å². The fraction of sp³-hybridized carbons (Fsp3) is 0.588. The molecule has 1 unspecified atom stereocenters. The fourth-order valence-electron chi connectivity index (χ4n) is 2.14. The molecule has 0 saturated carbocycles. The number of carbonyl (C=O) groups is 1. The number of unbranched alkanes of at least 4 members (excludes halogenated alkanes) is 3. The number of methoxy groups -OCH3 is 1. The van der Waals surface area contributed by atoms with E-state index in [1.165, 1.54) is 44.6 Å². The summed E-state index contributed by atoms with van der Waals surface area (Å²) in [4.78, 5) is 12.1. The number of hydrogen-bond acceptors (Lipinski definition) is 3. The predicted molar refractivity (Wildman–Crippen MR) is 81.5 cm³/mol. The third-order valence-electron chi connectivity index (χ3n) is 3.43. The van der Waals surface area contributed by atoms with Gasteiger partial charge in [-0.25, -0.2) is 4.39 Å². The standard InChI is InChI=1S/C17H25FO3/c1-4-5-6-7-8-13(2)21-12-16(19)15-11-14(18)9-10-17(15)20-3/h9-11,13H,4-8,12H2,1-3H3. The molecule has 21 heavy (non-hydrogen) atoms. The highest BCUT2D eigenvalue weighted by molar-refractivity contribution is 5.99. The zero-order valence-electron chi connectivity index (χ0n) is 13.2. The van der Waals surface area contributed by atoms with Crippen molar-refractivity contribution in [2.24, 2.45) is 0 Å². The van der Waals surface area contributed by atoms with E-state index < -0.39 is 5.82 Å². The first kappa shape index (κ1) is 17.6. The summed E-state index contributed by atoms with van der Waals surface area (Å²) in [6.07, 6.45) is 5.69. The average Bonchev–Trinajstić information content (AvgIpc) is 2.49. The Morgan fingerprint density at radius 2 is 2.05 bits per heavy atom. The first-order chi connectivity index (χ1) is 10.1. The first-order valence-corrected chi connectivity index (χ1v) is 7.56. The lowest BCUT2D eigenvalue weighted by Crippen LogP contribution is -2.16. The molecular formula is C17H25FO3. The monoisotopic (exact) mass is 296 g/mol. The molecule has 0 aliphatic rings. The third kappa shape index (κ3) is 6.25. The van der Waals surface area contributed by atoms with Crippen molar-refractivity contribution in [1.29, 1.82) is 0 Å². The van der Waals surface area contributed by atoms with Gasteiger partial charge in [-0.3, -0.25) is 4.79 Å². The van der Waals surface area contributed by atoms with Gasteiger partial charge in [-0.2, -0.15) is 0 Å². The van der Waals surface area contributed by atoms with Crippen LogP contribution in [0.15, 0.2) is 18.2 Å². The topological polar surface area (TPSA) is 35.5 Å². The van der Waals surface area contributed by atoms with Gasteiger partial charge in [-0.05, 0) is 31.5 Å². The van der Waals surface area contributed by atoms with Crippen LogP contribution in [0.5, 0.6) is 5.75 Å². The SMILES string of the molecule is CCCCCCC(C)OCC(=O)c1cc(F)ccc1OC. The average molecular weight is 296 g/mol. The van der Waals surface area contributed by atoms with Gasteiger partial charge in [0.25, 0.3) is 0 Å². The van der Waals surface area contributed by atoms with Crippen LogP contribution in [0.4, 0.5) is 4.39 Å². The third-order valence-corrected chi connectivity index (χ3v) is 3.43. The van der Waals surface area contributed by atoms with Gasteiger partial charge in [-0.15, -0.1) is 0 Å². The number of Topliss-reactive ketones (excluding diaryl/α,β-unsaturated/α-hetero) is 1. The molecule has 0 aliphatic carbocycles. The number of ether oxygens (including phenoxy) is 2. The second kappa shape index (κ2) is 9.50. The number of carbonyl (C=O) groups excluding carboxylic acids is 1. The lowest BCUT2D eigenvalue weighted by Gasteiger charge is -2.13. The largest absolute Gasteiger partial charge is 0.496 e. The van der Waals surface area contributed by atoms with E-state index in [2.05, 4.69) is 6.92 Å². The van der Waals surface area contributed by atoms with Crippen LogP contribution in [0.2, 0.25) is 0 Å². The summed E-state index contributed by atoms with van der Waals surface area (Å²) < 4.78 is 23.9. The Morgan fingerprint density at radius 3 is 2.71 bits per heavy atom. The van der Waals surface area contributed by atoms with Crippen molar-refractivity contribution in [3.05, 3.63) is 29.6 Å². The van der Waals surface area contributed by atoms with Gasteiger partial charge in [0.2, 0.25) is 0 Å². The van der Waals surface area contributed by atoms with Gasteiger partial charge in [-0.1, -0.05) is 32.6 Å². The Kier molecular flexibility index (Phi) is 7.98. The molecule has 1 aromatic rings. The summed E-state index contributed by atoms with van der Waals surface area (Å²) in [5.41, 5.74) is 0.232. The summed E-state index contributed by atoms with van der Waals surface area (Å²) >= 11 is 0. The molecule has 0 bridgehead atoms. The zero-order valence-corrected chi connectivity index (χ0v) is 13.2. The summed E-state index contributed by atoms with van der Waals surface area (Å²) in [5.74, 6) is -0.334. The fourth-order valence-corrected chi connectivity index (χ4v) is 2.14. The number of rotatable bonds is 10. The molecule has 1 aromatic carbocycles. The molecule has 0 amide bonds. The summed E-state index contributed by atoms with van der Waals surface area (Å²) in [5, 5.41) is 0. The number of ketones is 1. The van der Waals surface area contributed by atoms with E-state index in [9.17, 15) is 9.18 Å². The van der Waals surface area contributed by atoms with E-state index in [0.717, 1.165) is 12.8 Å². The van der Waals surface area contributed by atoms with Crippen LogP contribution in [0, 0.1) is 5.82 Å². The van der Waals surface area contributed by atoms with Crippen molar-refractivity contribution < 1.29 is 18.7 Å². The lowest BCUT2D eigenvalue weighted by molar-refractivity contribution is 0.0481. The Balaban J connectivity index is 2.44. The van der Waals surface area contributed by atoms with Crippen LogP contribution in [0.3, 0.4) is 0 Å². The van der Waals surface area contributed by atoms with E-state index in [4.69, 9.17) is 9.47 Å². The molecule has 0 radical (unpaired) electrons. The van der Waals surface area contributed by atoms with E-state index in [1.54, 1.807) is 0 Å². The molecular weight excluding hydrogens is 271 g/mol. The maximum Gasteiger partial charge on any atom is 0.192 e. The maximum atomic E-state index is 13.2. The first-order valence-electron chi connectivity index (χ1n) is 7.56. The van der Waals surface area contributed by atoms with Gasteiger partial charge in [0.1, 0.15) is 18.2 Å². The van der Waals surface area contributed by atoms with Crippen molar-refractivity contribution in [3.63, 3.8) is 0 Å².